The molecule has 0 amide bonds. The van der Waals surface area contributed by atoms with Crippen molar-refractivity contribution >= 4 is 20.8 Å². The topological polar surface area (TPSA) is 73.0 Å². The van der Waals surface area contributed by atoms with Crippen LogP contribution in [0, 0.1) is 0 Å². The number of nitrogens with two attached hydrogens (primary N) is 1. The number of nitrogens with zero attached hydrogens (tertiary/aromatic N) is 1. The van der Waals surface area contributed by atoms with E-state index < -0.39 is 10.0 Å². The van der Waals surface area contributed by atoms with Crippen molar-refractivity contribution < 1.29 is 8.42 Å². The van der Waals surface area contributed by atoms with E-state index in [0.29, 0.717) is 6.42 Å². The summed E-state index contributed by atoms with van der Waals surface area (Å²) in [6.45, 7) is 1.93. The first-order valence-electron chi connectivity index (χ1n) is 4.94. The molecule has 0 spiro atoms. The fourth-order valence-electron chi connectivity index (χ4n) is 1.66. The van der Waals surface area contributed by atoms with Gasteiger partial charge in [-0.25, -0.2) is 18.5 Å². The molecule has 0 fully saturated rings. The second kappa shape index (κ2) is 3.84. The molecule has 4 nitrogen and oxygen atoms in total. The van der Waals surface area contributed by atoms with Crippen LogP contribution in [0.15, 0.2) is 35.4 Å². The van der Waals surface area contributed by atoms with Gasteiger partial charge in [0.25, 0.3) is 10.0 Å². The van der Waals surface area contributed by atoms with Crippen LogP contribution in [0.5, 0.6) is 0 Å². The summed E-state index contributed by atoms with van der Waals surface area (Å²) in [5.41, 5.74) is 0.752. The molecule has 1 aromatic carbocycles. The second-order valence-electron chi connectivity index (χ2n) is 3.53. The maximum absolute atomic E-state index is 11.3. The van der Waals surface area contributed by atoms with Gasteiger partial charge in [-0.1, -0.05) is 31.2 Å². The second-order valence-corrected chi connectivity index (χ2v) is 5.04. The Morgan fingerprint density at radius 1 is 1.31 bits per heavy atom. The zero-order chi connectivity index (χ0) is 11.8. The van der Waals surface area contributed by atoms with E-state index in [0.717, 1.165) is 16.5 Å². The molecule has 1 aromatic heterocycles. The number of pyridine rings is 1. The molecule has 2 aromatic rings. The van der Waals surface area contributed by atoms with E-state index in [4.69, 9.17) is 5.14 Å². The normalized spacial score (nSPS) is 11.9. The molecule has 2 N–H and O–H groups in total. The predicted octanol–water partition coefficient (Wildman–Crippen LogP) is 1.44. The number of aromatic nitrogens is 1. The van der Waals surface area contributed by atoms with Crippen molar-refractivity contribution in [2.24, 2.45) is 5.14 Å². The summed E-state index contributed by atoms with van der Waals surface area (Å²) in [4.78, 5) is 4.08. The van der Waals surface area contributed by atoms with Crippen molar-refractivity contribution in [2.75, 3.05) is 0 Å². The number of primary sulfonamides is 1. The van der Waals surface area contributed by atoms with Gasteiger partial charge in [-0.3, -0.25) is 0 Å². The Hall–Kier alpha value is -1.46. The van der Waals surface area contributed by atoms with Crippen molar-refractivity contribution in [2.45, 2.75) is 18.4 Å². The van der Waals surface area contributed by atoms with Crippen molar-refractivity contribution in [3.63, 3.8) is 0 Å². The molecule has 0 aliphatic heterocycles. The first kappa shape index (κ1) is 11.0. The van der Waals surface area contributed by atoms with Gasteiger partial charge in [-0.2, -0.15) is 0 Å². The number of fused-ring (bicyclic) bond motifs is 1. The summed E-state index contributed by atoms with van der Waals surface area (Å²) in [6.07, 6.45) is 0.671. The van der Waals surface area contributed by atoms with Gasteiger partial charge in [0.15, 0.2) is 5.03 Å². The van der Waals surface area contributed by atoms with Crippen molar-refractivity contribution in [1.29, 1.82) is 0 Å². The highest BCUT2D eigenvalue weighted by Crippen LogP contribution is 2.20. The quantitative estimate of drug-likeness (QED) is 0.857. The van der Waals surface area contributed by atoms with E-state index >= 15 is 0 Å². The molecule has 0 radical (unpaired) electrons. The Labute approximate surface area is 94.2 Å². The number of hydrogen-bond acceptors (Lipinski definition) is 3. The van der Waals surface area contributed by atoms with Gasteiger partial charge < -0.3 is 0 Å². The average Bonchev–Trinajstić information content (AvgIpc) is 2.26. The minimum absolute atomic E-state index is 0.0666. The number of hydrogen-bond donors (Lipinski definition) is 1. The zero-order valence-corrected chi connectivity index (χ0v) is 9.66. The molecule has 0 aliphatic rings. The van der Waals surface area contributed by atoms with Crippen LogP contribution in [0.2, 0.25) is 0 Å². The smallest absolute Gasteiger partial charge is 0.239 e. The fourth-order valence-corrected chi connectivity index (χ4v) is 2.19. The maximum Gasteiger partial charge on any atom is 0.255 e. The standard InChI is InChI=1S/C11H12N2O2S/c1-2-10-9-6-4-3-5-8(9)7-11(13-10)16(12,14)15/h3-7H,2H2,1H3,(H2,12,14,15). The van der Waals surface area contributed by atoms with Gasteiger partial charge in [0, 0.05) is 11.1 Å². The largest absolute Gasteiger partial charge is 0.255 e. The molecule has 0 saturated carbocycles. The van der Waals surface area contributed by atoms with E-state index in [1.807, 2.05) is 31.2 Å². The summed E-state index contributed by atoms with van der Waals surface area (Å²) in [5.74, 6) is 0. The Kier molecular flexibility index (Phi) is 2.65. The van der Waals surface area contributed by atoms with Gasteiger partial charge in [0.2, 0.25) is 0 Å². The molecule has 0 saturated heterocycles. The van der Waals surface area contributed by atoms with Crippen molar-refractivity contribution in [3.05, 3.63) is 36.0 Å². The third kappa shape index (κ3) is 1.91. The number of aryl methyl sites for hydroxylation is 1. The summed E-state index contributed by atoms with van der Waals surface area (Å²) in [6, 6.07) is 9.04. The summed E-state index contributed by atoms with van der Waals surface area (Å²) in [5, 5.41) is 6.83. The highest BCUT2D eigenvalue weighted by Gasteiger charge is 2.12. The fraction of sp³-hybridized carbons (Fsp3) is 0.182. The van der Waals surface area contributed by atoms with Crippen LogP contribution >= 0.6 is 0 Å². The van der Waals surface area contributed by atoms with E-state index in [2.05, 4.69) is 4.98 Å². The van der Waals surface area contributed by atoms with Crippen molar-refractivity contribution in [3.8, 4) is 0 Å². The van der Waals surface area contributed by atoms with E-state index in [1.165, 1.54) is 6.07 Å². The lowest BCUT2D eigenvalue weighted by Crippen LogP contribution is -2.14. The van der Waals surface area contributed by atoms with E-state index in [-0.39, 0.29) is 5.03 Å². The van der Waals surface area contributed by atoms with Crippen LogP contribution in [0.4, 0.5) is 0 Å². The molecular formula is C11H12N2O2S. The van der Waals surface area contributed by atoms with Crippen LogP contribution in [-0.2, 0) is 16.4 Å². The molecule has 0 bridgehead atoms. The molecule has 0 unspecified atom stereocenters. The van der Waals surface area contributed by atoms with Crippen LogP contribution in [0.25, 0.3) is 10.8 Å². The van der Waals surface area contributed by atoms with E-state index in [9.17, 15) is 8.42 Å². The lowest BCUT2D eigenvalue weighted by atomic mass is 10.1. The zero-order valence-electron chi connectivity index (χ0n) is 8.84. The molecule has 0 aliphatic carbocycles. The molecule has 84 valence electrons. The Bertz CT molecular complexity index is 635. The van der Waals surface area contributed by atoms with Gasteiger partial charge in [0.1, 0.15) is 0 Å². The number of benzene rings is 1. The summed E-state index contributed by atoms with van der Waals surface area (Å²) < 4.78 is 22.5. The highest BCUT2D eigenvalue weighted by atomic mass is 32.2. The van der Waals surface area contributed by atoms with Gasteiger partial charge in [-0.05, 0) is 17.9 Å². The summed E-state index contributed by atoms with van der Waals surface area (Å²) in [7, 11) is -3.74. The third-order valence-electron chi connectivity index (χ3n) is 2.42. The van der Waals surface area contributed by atoms with Crippen LogP contribution in [-0.4, -0.2) is 13.4 Å². The lowest BCUT2D eigenvalue weighted by Gasteiger charge is -2.06. The molecular weight excluding hydrogens is 224 g/mol. The number of sulfonamides is 1. The summed E-state index contributed by atoms with van der Waals surface area (Å²) >= 11 is 0. The van der Waals surface area contributed by atoms with Gasteiger partial charge in [0.05, 0.1) is 0 Å². The Morgan fingerprint density at radius 2 is 2.00 bits per heavy atom. The minimum atomic E-state index is -3.74. The first-order chi connectivity index (χ1) is 7.52. The third-order valence-corrected chi connectivity index (χ3v) is 3.21. The monoisotopic (exact) mass is 236 g/mol. The molecule has 0 atom stereocenters. The number of rotatable bonds is 2. The van der Waals surface area contributed by atoms with Gasteiger partial charge in [-0.15, -0.1) is 0 Å². The van der Waals surface area contributed by atoms with E-state index in [1.54, 1.807) is 0 Å². The first-order valence-corrected chi connectivity index (χ1v) is 6.48. The Morgan fingerprint density at radius 3 is 2.62 bits per heavy atom. The molecule has 16 heavy (non-hydrogen) atoms. The Balaban J connectivity index is 2.83. The molecule has 2 rings (SSSR count). The lowest BCUT2D eigenvalue weighted by molar-refractivity contribution is 0.593. The van der Waals surface area contributed by atoms with Crippen LogP contribution < -0.4 is 5.14 Å². The highest BCUT2D eigenvalue weighted by molar-refractivity contribution is 7.89. The van der Waals surface area contributed by atoms with Crippen molar-refractivity contribution in [1.82, 2.24) is 4.98 Å². The predicted molar refractivity (Wildman–Crippen MR) is 62.5 cm³/mol. The SMILES string of the molecule is CCc1nc(S(N)(=O)=O)cc2ccccc12. The molecule has 5 heteroatoms. The molecule has 1 heterocycles. The van der Waals surface area contributed by atoms with Crippen LogP contribution in [0.3, 0.4) is 0 Å². The maximum atomic E-state index is 11.3. The average molecular weight is 236 g/mol. The van der Waals surface area contributed by atoms with Gasteiger partial charge >= 0.3 is 0 Å². The minimum Gasteiger partial charge on any atom is -0.239 e. The van der Waals surface area contributed by atoms with Crippen LogP contribution in [0.1, 0.15) is 12.6 Å².